The van der Waals surface area contributed by atoms with Crippen molar-refractivity contribution in [3.05, 3.63) is 0 Å². The van der Waals surface area contributed by atoms with Gasteiger partial charge in [-0.3, -0.25) is 0 Å². The summed E-state index contributed by atoms with van der Waals surface area (Å²) in [7, 11) is 3.37. The van der Waals surface area contributed by atoms with Gasteiger partial charge in [-0.25, -0.2) is 0 Å². The van der Waals surface area contributed by atoms with Gasteiger partial charge < -0.3 is 0 Å². The molecule has 0 saturated heterocycles. The Morgan fingerprint density at radius 3 is 2.50 bits per heavy atom. The van der Waals surface area contributed by atoms with Crippen molar-refractivity contribution in [2.75, 3.05) is 0 Å². The quantitative estimate of drug-likeness (QED) is 0.335. The molecule has 0 aromatic heterocycles. The van der Waals surface area contributed by atoms with E-state index in [4.69, 9.17) is 0 Å². The van der Waals surface area contributed by atoms with Crippen molar-refractivity contribution >= 4 is 14.7 Å². The average molecular weight is 102 g/mol. The second-order valence-corrected chi connectivity index (χ2v) is 0.868. The van der Waals surface area contributed by atoms with Crippen molar-refractivity contribution in [1.29, 1.82) is 0 Å². The molecule has 3 heteroatoms. The molecule has 2 nitrogen and oxygen atoms in total. The molecular weight excluding hydrogens is 99.0 g/mol. The van der Waals surface area contributed by atoms with Crippen molar-refractivity contribution in [3.8, 4) is 5.81 Å². The molecule has 0 saturated carbocycles. The number of carbonyl (C=O) groups excluding carboxylic acids is 1. The fourth-order valence-corrected chi connectivity index (χ4v) is 0.193. The summed E-state index contributed by atoms with van der Waals surface area (Å²) in [6, 6.07) is 0. The van der Waals surface area contributed by atoms with Crippen molar-refractivity contribution < 1.29 is 9.53 Å². The summed E-state index contributed by atoms with van der Waals surface area (Å²) < 4.78 is 4.02. The van der Waals surface area contributed by atoms with E-state index < -0.39 is 5.97 Å². The summed E-state index contributed by atoms with van der Waals surface area (Å²) in [5.41, 5.74) is 0. The van der Waals surface area contributed by atoms with Crippen LogP contribution in [0.4, 0.5) is 0 Å². The molecule has 0 aromatic carbocycles. The van der Waals surface area contributed by atoms with E-state index in [1.165, 1.54) is 6.92 Å². The van der Waals surface area contributed by atoms with Crippen LogP contribution < -0.4 is 0 Å². The average Bonchev–Trinajstić information content (AvgIpc) is 1.35. The minimum atomic E-state index is -0.398. The molecule has 0 aliphatic carbocycles. The maximum atomic E-state index is 9.71. The van der Waals surface area contributed by atoms with Gasteiger partial charge in [-0.05, 0) is 0 Å². The molecule has 0 unspecified atom stereocenters. The third kappa shape index (κ3) is 3.68. The zero-order valence-corrected chi connectivity index (χ0v) is 4.16. The van der Waals surface area contributed by atoms with Crippen molar-refractivity contribution in [2.45, 2.75) is 6.92 Å². The van der Waals surface area contributed by atoms with Crippen molar-refractivity contribution in [1.82, 2.24) is 0 Å². The molecule has 0 radical (unpaired) electrons. The standard InChI is InChI=1S/C3H3O2P/c1-3(4)5-2-6/h1H3. The van der Waals surface area contributed by atoms with Gasteiger partial charge >= 0.3 is 36.9 Å². The molecule has 0 aromatic rings. The number of rotatable bonds is 0. The molecule has 0 bridgehead atoms. The van der Waals surface area contributed by atoms with Crippen LogP contribution in [0.1, 0.15) is 6.92 Å². The van der Waals surface area contributed by atoms with Gasteiger partial charge in [0.2, 0.25) is 0 Å². The Labute approximate surface area is 38.0 Å². The molecule has 0 amide bonds. The van der Waals surface area contributed by atoms with Gasteiger partial charge in [-0.15, -0.1) is 0 Å². The van der Waals surface area contributed by atoms with Gasteiger partial charge in [0.05, 0.1) is 0 Å². The van der Waals surface area contributed by atoms with Crippen molar-refractivity contribution in [3.63, 3.8) is 0 Å². The molecule has 6 heavy (non-hydrogen) atoms. The molecule has 0 fully saturated rings. The van der Waals surface area contributed by atoms with E-state index in [2.05, 4.69) is 13.4 Å². The number of hydrogen-bond acceptors (Lipinski definition) is 2. The third-order valence-electron chi connectivity index (χ3n) is 0.189. The van der Waals surface area contributed by atoms with Crippen LogP contribution in [-0.2, 0) is 9.53 Å². The summed E-state index contributed by atoms with van der Waals surface area (Å²) in [5.74, 6) is 1.51. The monoisotopic (exact) mass is 102 g/mol. The Morgan fingerprint density at radius 2 is 2.50 bits per heavy atom. The fourth-order valence-electron chi connectivity index (χ4n) is 0.0643. The first-order chi connectivity index (χ1) is 2.77. The Balaban J connectivity index is 3.13. The van der Waals surface area contributed by atoms with Crippen molar-refractivity contribution in [2.24, 2.45) is 0 Å². The van der Waals surface area contributed by atoms with E-state index in [0.717, 1.165) is 0 Å². The molecule has 0 atom stereocenters. The van der Waals surface area contributed by atoms with Crippen LogP contribution in [0.3, 0.4) is 0 Å². The third-order valence-corrected chi connectivity index (χ3v) is 0.281. The predicted molar refractivity (Wildman–Crippen MR) is 22.6 cm³/mol. The molecule has 0 spiro atoms. The van der Waals surface area contributed by atoms with Gasteiger partial charge in [-0.2, -0.15) is 0 Å². The van der Waals surface area contributed by atoms with Crippen LogP contribution in [0.25, 0.3) is 0 Å². The van der Waals surface area contributed by atoms with Crippen LogP contribution in [0.2, 0.25) is 0 Å². The van der Waals surface area contributed by atoms with E-state index in [9.17, 15) is 4.79 Å². The minimum absolute atomic E-state index is 0.398. The summed E-state index contributed by atoms with van der Waals surface area (Å²) in [6.07, 6.45) is 0. The first-order valence-corrected chi connectivity index (χ1v) is 1.78. The van der Waals surface area contributed by atoms with Gasteiger partial charge in [-0.1, -0.05) is 0 Å². The molecule has 0 heterocycles. The number of hydrogen-bond donors (Lipinski definition) is 0. The SMILES string of the molecule is CC(=O)OC#P. The maximum absolute atomic E-state index is 9.71. The molecule has 0 aliphatic rings. The van der Waals surface area contributed by atoms with E-state index >= 15 is 0 Å². The van der Waals surface area contributed by atoms with Gasteiger partial charge in [0.1, 0.15) is 0 Å². The van der Waals surface area contributed by atoms with E-state index in [1.54, 1.807) is 0 Å². The van der Waals surface area contributed by atoms with Crippen LogP contribution >= 0.6 is 8.70 Å². The summed E-state index contributed by atoms with van der Waals surface area (Å²) in [5, 5.41) is 0. The first-order valence-electron chi connectivity index (χ1n) is 1.34. The number of ether oxygens (including phenoxy) is 1. The second kappa shape index (κ2) is 2.89. The molecule has 0 N–H and O–H groups in total. The number of esters is 1. The Hall–Kier alpha value is -0.320. The van der Waals surface area contributed by atoms with Crippen LogP contribution in [0, 0.1) is 5.81 Å². The van der Waals surface area contributed by atoms with E-state index in [0.29, 0.717) is 0 Å². The van der Waals surface area contributed by atoms with Gasteiger partial charge in [0, 0.05) is 0 Å². The molecule has 0 rings (SSSR count). The zero-order valence-electron chi connectivity index (χ0n) is 3.26. The summed E-state index contributed by atoms with van der Waals surface area (Å²) in [4.78, 5) is 9.71. The molecule has 0 aliphatic heterocycles. The number of carbonyl (C=O) groups is 1. The Morgan fingerprint density at radius 1 is 2.00 bits per heavy atom. The molecule has 32 valence electrons. The first kappa shape index (κ1) is 5.68. The summed E-state index contributed by atoms with van der Waals surface area (Å²) >= 11 is 0. The Kier molecular flexibility index (Phi) is 2.74. The normalized spacial score (nSPS) is 6.00. The Bertz CT molecular complexity index is 91.5. The van der Waals surface area contributed by atoms with Crippen LogP contribution in [0.5, 0.6) is 0 Å². The molecular formula is C3H3O2P. The van der Waals surface area contributed by atoms with Crippen LogP contribution in [-0.4, -0.2) is 5.97 Å². The summed E-state index contributed by atoms with van der Waals surface area (Å²) in [6.45, 7) is 1.28. The van der Waals surface area contributed by atoms with Gasteiger partial charge in [0.25, 0.3) is 0 Å². The topological polar surface area (TPSA) is 26.3 Å². The van der Waals surface area contributed by atoms with Gasteiger partial charge in [0.15, 0.2) is 0 Å². The zero-order chi connectivity index (χ0) is 4.99. The van der Waals surface area contributed by atoms with E-state index in [1.807, 2.05) is 5.81 Å². The van der Waals surface area contributed by atoms with E-state index in [-0.39, 0.29) is 0 Å². The fraction of sp³-hybridized carbons (Fsp3) is 0.333. The predicted octanol–water partition coefficient (Wildman–Crippen LogP) is 0.877. The van der Waals surface area contributed by atoms with Crippen LogP contribution in [0.15, 0.2) is 0 Å². The second-order valence-electron chi connectivity index (χ2n) is 0.685.